The van der Waals surface area contributed by atoms with Gasteiger partial charge in [-0.05, 0) is 63.5 Å². The van der Waals surface area contributed by atoms with Crippen LogP contribution in [-0.2, 0) is 40.5 Å². The third kappa shape index (κ3) is 24.5. The minimum atomic E-state index is -4.29. The molecule has 0 N–H and O–H groups in total. The van der Waals surface area contributed by atoms with Gasteiger partial charge in [-0.1, -0.05) is 95.2 Å². The van der Waals surface area contributed by atoms with Crippen molar-refractivity contribution in [3.8, 4) is 0 Å². The Morgan fingerprint density at radius 3 is 0.882 bits per heavy atom. The van der Waals surface area contributed by atoms with E-state index in [2.05, 4.69) is 23.4 Å². The first-order valence-corrected chi connectivity index (χ1v) is 25.2. The van der Waals surface area contributed by atoms with Crippen LogP contribution >= 0.6 is 18.5 Å². The van der Waals surface area contributed by atoms with Crippen LogP contribution in [0.4, 0.5) is 5.69 Å². The van der Waals surface area contributed by atoms with Crippen LogP contribution in [0, 0.1) is 0 Å². The van der Waals surface area contributed by atoms with E-state index in [4.69, 9.17) is 0 Å². The Balaban J connectivity index is 3.36. The van der Waals surface area contributed by atoms with Crippen molar-refractivity contribution in [2.75, 3.05) is 27.9 Å². The third-order valence-corrected chi connectivity index (χ3v) is 13.7. The van der Waals surface area contributed by atoms with Crippen LogP contribution in [0.5, 0.6) is 0 Å². The van der Waals surface area contributed by atoms with Gasteiger partial charge in [0.25, 0.3) is 0 Å². The minimum absolute atomic E-state index is 0.273. The summed E-state index contributed by atoms with van der Waals surface area (Å²) in [5.41, 5.74) is 0.951. The van der Waals surface area contributed by atoms with Gasteiger partial charge < -0.3 is 23.1 Å². The molecule has 1 rings (SSSR count). The standard InChI is InChI=1S/C32H61NO12P2S4/c34-48(35,36)26-16-5-1-12-22-31(46,23-13-2-6-17-27-49(37,38)39)33(30-20-10-9-11-21-30)32(47,24-14-3-7-18-28-50(40,41)42)25-15-4-8-19-29-51(43,44)45/h9-11,20-21H,1-8,12-19,22-29,46-47H2,(H,34,35,36)(H,37,38,39)(H,40,41,42)(H,43,44,45)/p-4. The third-order valence-electron chi connectivity index (χ3n) is 8.92. The Morgan fingerprint density at radius 2 is 0.647 bits per heavy atom. The molecule has 1 aromatic carbocycles. The summed E-state index contributed by atoms with van der Waals surface area (Å²) in [7, 11) is -11.1. The predicted molar refractivity (Wildman–Crippen MR) is 204 cm³/mol. The Kier molecular flexibility index (Phi) is 22.3. The lowest BCUT2D eigenvalue weighted by Crippen LogP contribution is -2.55. The molecule has 0 bridgehead atoms. The van der Waals surface area contributed by atoms with Gasteiger partial charge in [0.2, 0.25) is 0 Å². The van der Waals surface area contributed by atoms with Crippen molar-refractivity contribution in [1.29, 1.82) is 0 Å². The van der Waals surface area contributed by atoms with E-state index in [0.29, 0.717) is 77.0 Å². The van der Waals surface area contributed by atoms with E-state index in [9.17, 15) is 51.9 Å². The van der Waals surface area contributed by atoms with Crippen LogP contribution in [0.1, 0.15) is 128 Å². The molecule has 0 aliphatic rings. The van der Waals surface area contributed by atoms with Crippen LogP contribution < -0.4 is 4.90 Å². The Hall–Kier alpha value is -0.480. The summed E-state index contributed by atoms with van der Waals surface area (Å²) in [5.74, 6) is -1.65. The molecule has 0 amide bonds. The summed E-state index contributed by atoms with van der Waals surface area (Å²) in [6.07, 6.45) is 11.8. The summed E-state index contributed by atoms with van der Waals surface area (Å²) < 4.78 is 133. The molecule has 2 unspecified atom stereocenters. The van der Waals surface area contributed by atoms with Crippen molar-refractivity contribution in [2.24, 2.45) is 0 Å². The molecule has 0 aromatic heterocycles. The zero-order valence-electron chi connectivity index (χ0n) is 29.5. The first-order chi connectivity index (χ1) is 23.6. The van der Waals surface area contributed by atoms with E-state index in [-0.39, 0.29) is 25.7 Å². The predicted octanol–water partition coefficient (Wildman–Crippen LogP) is 5.62. The number of anilines is 1. The number of hydrogen-bond acceptors (Lipinski definition) is 13. The fourth-order valence-corrected chi connectivity index (χ4v) is 10.5. The topological polar surface area (TPSA) is 232 Å². The maximum Gasteiger partial charge on any atom is 0.0945 e. The average molecular weight is 838 g/mol. The molecule has 51 heavy (non-hydrogen) atoms. The SMILES string of the molecule is O=S(=O)([O-])CCCCCCC(P)(CCCCCCS(=O)(=O)[O-])N(c1ccccc1)C(P)(CCCCCCS(=O)(=O)[O-])CCCCCCS(=O)(=O)[O-]. The van der Waals surface area contributed by atoms with Crippen LogP contribution in [0.3, 0.4) is 0 Å². The van der Waals surface area contributed by atoms with Gasteiger partial charge in [0.1, 0.15) is 0 Å². The molecular weight excluding hydrogens is 781 g/mol. The maximum atomic E-state index is 11.1. The van der Waals surface area contributed by atoms with Crippen LogP contribution in [0.2, 0.25) is 0 Å². The minimum Gasteiger partial charge on any atom is -0.748 e. The second kappa shape index (κ2) is 23.4. The average Bonchev–Trinajstić information content (AvgIpc) is 2.99. The Bertz CT molecular complexity index is 1370. The normalized spacial score (nSPS) is 13.5. The zero-order valence-corrected chi connectivity index (χ0v) is 35.1. The number of nitrogens with zero attached hydrogens (tertiary/aromatic N) is 1. The summed E-state index contributed by atoms with van der Waals surface area (Å²) in [6.45, 7) is 0. The first kappa shape index (κ1) is 48.5. The fourth-order valence-electron chi connectivity index (χ4n) is 6.49. The molecular formula is C32H57NO12P2S4-4. The quantitative estimate of drug-likeness (QED) is 0.0503. The van der Waals surface area contributed by atoms with E-state index in [1.54, 1.807) is 0 Å². The molecule has 0 heterocycles. The van der Waals surface area contributed by atoms with Gasteiger partial charge in [-0.3, -0.25) is 0 Å². The van der Waals surface area contributed by atoms with Crippen molar-refractivity contribution in [1.82, 2.24) is 0 Å². The molecule has 13 nitrogen and oxygen atoms in total. The lowest BCUT2D eigenvalue weighted by Gasteiger charge is -2.54. The van der Waals surface area contributed by atoms with Gasteiger partial charge in [0.15, 0.2) is 0 Å². The molecule has 1 aromatic rings. The Morgan fingerprint density at radius 1 is 0.412 bits per heavy atom. The molecule has 0 saturated carbocycles. The highest BCUT2D eigenvalue weighted by atomic mass is 32.2. The van der Waals surface area contributed by atoms with Gasteiger partial charge in [0.05, 0.1) is 51.0 Å². The monoisotopic (exact) mass is 837 g/mol. The lowest BCUT2D eigenvalue weighted by atomic mass is 9.91. The first-order valence-electron chi connectivity index (χ1n) is 17.7. The summed E-state index contributed by atoms with van der Waals surface area (Å²) in [6, 6.07) is 9.84. The molecule has 0 aliphatic heterocycles. The van der Waals surface area contributed by atoms with Crippen molar-refractivity contribution in [3.63, 3.8) is 0 Å². The highest BCUT2D eigenvalue weighted by Crippen LogP contribution is 2.49. The van der Waals surface area contributed by atoms with Gasteiger partial charge in [-0.25, -0.2) is 33.7 Å². The summed E-state index contributed by atoms with van der Waals surface area (Å²) in [4.78, 5) is 2.39. The second-order valence-electron chi connectivity index (χ2n) is 13.6. The van der Waals surface area contributed by atoms with E-state index >= 15 is 0 Å². The van der Waals surface area contributed by atoms with Gasteiger partial charge in [-0.2, -0.15) is 0 Å². The van der Waals surface area contributed by atoms with E-state index in [0.717, 1.165) is 31.4 Å². The van der Waals surface area contributed by atoms with E-state index in [1.165, 1.54) is 0 Å². The lowest BCUT2D eigenvalue weighted by molar-refractivity contribution is 0.336. The molecule has 0 fully saturated rings. The van der Waals surface area contributed by atoms with Crippen LogP contribution in [-0.4, -0.2) is 85.5 Å². The molecule has 19 heteroatoms. The Labute approximate surface area is 312 Å². The molecule has 0 radical (unpaired) electrons. The van der Waals surface area contributed by atoms with Crippen LogP contribution in [0.25, 0.3) is 0 Å². The maximum absolute atomic E-state index is 11.1. The summed E-state index contributed by atoms with van der Waals surface area (Å²) in [5, 5.41) is -1.07. The number of hydrogen-bond donors (Lipinski definition) is 0. The summed E-state index contributed by atoms with van der Waals surface area (Å²) >= 11 is 0. The van der Waals surface area contributed by atoms with Crippen molar-refractivity contribution in [3.05, 3.63) is 30.3 Å². The zero-order chi connectivity index (χ0) is 38.7. The number of unbranched alkanes of at least 4 members (excludes halogenated alkanes) is 12. The van der Waals surface area contributed by atoms with E-state index in [1.807, 2.05) is 30.3 Å². The number of para-hydroxylation sites is 1. The molecule has 2 atom stereocenters. The second-order valence-corrected chi connectivity index (χ2v) is 21.8. The van der Waals surface area contributed by atoms with Crippen molar-refractivity contribution < 1.29 is 51.9 Å². The molecule has 0 saturated heterocycles. The fraction of sp³-hybridized carbons (Fsp3) is 0.812. The highest BCUT2D eigenvalue weighted by Gasteiger charge is 2.42. The van der Waals surface area contributed by atoms with Gasteiger partial charge >= 0.3 is 0 Å². The largest absolute Gasteiger partial charge is 0.748 e. The smallest absolute Gasteiger partial charge is 0.0945 e. The van der Waals surface area contributed by atoms with Gasteiger partial charge in [0, 0.05) is 28.7 Å². The van der Waals surface area contributed by atoms with Crippen molar-refractivity contribution >= 4 is 64.6 Å². The van der Waals surface area contributed by atoms with Gasteiger partial charge in [-0.15, -0.1) is 18.5 Å². The van der Waals surface area contributed by atoms with E-state index < -0.39 is 74.0 Å². The number of benzene rings is 1. The van der Waals surface area contributed by atoms with Crippen LogP contribution in [0.15, 0.2) is 30.3 Å². The molecule has 0 spiro atoms. The number of rotatable bonds is 31. The highest BCUT2D eigenvalue weighted by molar-refractivity contribution is 7.86. The molecule has 0 aliphatic carbocycles. The molecule has 300 valence electrons. The van der Waals surface area contributed by atoms with Crippen molar-refractivity contribution in [2.45, 2.75) is 139 Å².